The predicted molar refractivity (Wildman–Crippen MR) is 195 cm³/mol. The number of H-pyrrole nitrogens is 2. The fourth-order valence-electron chi connectivity index (χ4n) is 7.24. The van der Waals surface area contributed by atoms with Gasteiger partial charge < -0.3 is 9.97 Å². The largest absolute Gasteiger partial charge is 0.354 e. The molecule has 5 heterocycles. The Morgan fingerprint density at radius 1 is 0.306 bits per heavy atom. The molecule has 0 saturated carbocycles. The number of rotatable bonds is 4. The van der Waals surface area contributed by atoms with Gasteiger partial charge in [-0.05, 0) is 60.7 Å². The van der Waals surface area contributed by atoms with Crippen LogP contribution in [0.15, 0.2) is 48.2 Å². The van der Waals surface area contributed by atoms with Crippen LogP contribution >= 0.6 is 0 Å². The maximum absolute atomic E-state index is 15.8. The minimum absolute atomic E-state index is 0.0402. The lowest BCUT2D eigenvalue weighted by Crippen LogP contribution is -2.06. The highest BCUT2D eigenvalue weighted by Crippen LogP contribution is 2.43. The first-order valence-electron chi connectivity index (χ1n) is 17.4. The molecule has 8 bridgehead atoms. The summed E-state index contributed by atoms with van der Waals surface area (Å²) >= 11 is 0. The lowest BCUT2D eigenvalue weighted by atomic mass is 10.0. The molecule has 6 aromatic rings. The van der Waals surface area contributed by atoms with Crippen molar-refractivity contribution in [3.63, 3.8) is 0 Å². The van der Waals surface area contributed by atoms with E-state index in [1.165, 1.54) is 30.4 Å². The summed E-state index contributed by atoms with van der Waals surface area (Å²) in [5.41, 5.74) is -8.69. The van der Waals surface area contributed by atoms with E-state index in [9.17, 15) is 39.5 Å². The average molecular weight is 871 g/mol. The van der Waals surface area contributed by atoms with Crippen molar-refractivity contribution in [3.8, 4) is 33.4 Å². The molecule has 0 spiro atoms. The molecule has 0 unspecified atom stereocenters. The molecular formula is C43H13F15N4. The van der Waals surface area contributed by atoms with Gasteiger partial charge in [0.1, 0.15) is 0 Å². The Labute approximate surface area is 334 Å². The number of halogens is 15. The number of allylic oxidation sites excluding steroid dienone is 3. The molecule has 1 aliphatic carbocycles. The first kappa shape index (κ1) is 39.9. The van der Waals surface area contributed by atoms with Gasteiger partial charge in [0, 0.05) is 49.9 Å². The fourth-order valence-corrected chi connectivity index (χ4v) is 7.24. The molecule has 3 aromatic carbocycles. The van der Waals surface area contributed by atoms with Gasteiger partial charge in [-0.3, -0.25) is 0 Å². The summed E-state index contributed by atoms with van der Waals surface area (Å²) in [6, 6.07) is 4.00. The van der Waals surface area contributed by atoms with Crippen molar-refractivity contribution in [2.75, 3.05) is 0 Å². The maximum Gasteiger partial charge on any atom is 0.200 e. The quantitative estimate of drug-likeness (QED) is 0.0801. The fraction of sp³-hybridized carbons (Fsp3) is 0. The molecule has 0 amide bonds. The van der Waals surface area contributed by atoms with Crippen LogP contribution in [-0.2, 0) is 0 Å². The van der Waals surface area contributed by atoms with Gasteiger partial charge in [-0.15, -0.1) is 5.73 Å². The van der Waals surface area contributed by atoms with Crippen molar-refractivity contribution in [2.45, 2.75) is 0 Å². The smallest absolute Gasteiger partial charge is 0.200 e. The third-order valence-corrected chi connectivity index (χ3v) is 10.0. The lowest BCUT2D eigenvalue weighted by molar-refractivity contribution is 0.381. The third-order valence-electron chi connectivity index (χ3n) is 10.0. The summed E-state index contributed by atoms with van der Waals surface area (Å²) in [6.45, 7) is 0. The van der Waals surface area contributed by atoms with Crippen LogP contribution in [0.2, 0.25) is 0 Å². The maximum atomic E-state index is 15.8. The Morgan fingerprint density at radius 2 is 0.565 bits per heavy atom. The van der Waals surface area contributed by atoms with Crippen LogP contribution in [0.4, 0.5) is 65.9 Å². The standard InChI is InChI=1S/C43H13F15N4/c44-29-26(30(45)36(51)41(56)35(29)50)23-16-7-5-14(59-16)22(13-3-1-2-4-13)15-6-8-17(60-15)24(27-31(46)37(52)42(57)38(53)32(27)47)19-10-12-21(62-19)25(20-11-9-18(23)61-20)28-33(48)39(54)43(58)40(55)34(28)49/h1-3,5-12,59,62H. The summed E-state index contributed by atoms with van der Waals surface area (Å²) in [4.78, 5) is 13.7. The molecule has 0 radical (unpaired) electrons. The first-order chi connectivity index (χ1) is 29.5. The molecule has 62 heavy (non-hydrogen) atoms. The third kappa shape index (κ3) is 5.75. The monoisotopic (exact) mass is 870 g/mol. The summed E-state index contributed by atoms with van der Waals surface area (Å²) in [7, 11) is 0. The number of fused-ring (bicyclic) bond motifs is 8. The van der Waals surface area contributed by atoms with E-state index < -0.39 is 154 Å². The molecule has 310 valence electrons. The van der Waals surface area contributed by atoms with Crippen molar-refractivity contribution < 1.29 is 65.9 Å². The lowest BCUT2D eigenvalue weighted by Gasteiger charge is -2.11. The molecule has 2 N–H and O–H groups in total. The van der Waals surface area contributed by atoms with Crippen LogP contribution in [0, 0.1) is 87.3 Å². The van der Waals surface area contributed by atoms with E-state index in [1.54, 1.807) is 0 Å². The molecular weight excluding hydrogens is 857 g/mol. The van der Waals surface area contributed by atoms with Crippen LogP contribution in [-0.4, -0.2) is 19.9 Å². The molecule has 0 fully saturated rings. The average Bonchev–Trinajstić information content (AvgIpc) is 4.13. The van der Waals surface area contributed by atoms with Gasteiger partial charge >= 0.3 is 0 Å². The van der Waals surface area contributed by atoms with Gasteiger partial charge in [-0.25, -0.2) is 75.8 Å². The van der Waals surface area contributed by atoms with E-state index in [4.69, 9.17) is 0 Å². The molecule has 19 heteroatoms. The Kier molecular flexibility index (Phi) is 9.20. The molecule has 3 aliphatic rings. The molecule has 4 nitrogen and oxygen atoms in total. The summed E-state index contributed by atoms with van der Waals surface area (Å²) in [5.74, 6) is -36.6. The van der Waals surface area contributed by atoms with Gasteiger partial charge in [0.2, 0.25) is 17.5 Å². The number of nitrogens with one attached hydrogen (secondary N) is 2. The SMILES string of the molecule is Fc1c(F)c(F)c(-c2c3nc(c(-c4c(F)c(F)c(F)c(F)c4F)c4ccc([nH]4)c(-c4c(F)c(F)c(F)c(F)c4F)c4nc(c(C5=C=CC=C5)c5ccc2[nH]5)C=C4)C=C3)c(F)c1F. The minimum Gasteiger partial charge on any atom is -0.354 e. The topological polar surface area (TPSA) is 57.4 Å². The van der Waals surface area contributed by atoms with Crippen LogP contribution in [0.5, 0.6) is 0 Å². The molecule has 9 rings (SSSR count). The Hall–Kier alpha value is -7.53. The van der Waals surface area contributed by atoms with E-state index in [-0.39, 0.29) is 22.3 Å². The van der Waals surface area contributed by atoms with E-state index in [0.717, 1.165) is 36.4 Å². The van der Waals surface area contributed by atoms with Crippen LogP contribution in [0.1, 0.15) is 28.3 Å². The predicted octanol–water partition coefficient (Wildman–Crippen LogP) is 12.9. The second kappa shape index (κ2) is 14.3. The zero-order valence-electron chi connectivity index (χ0n) is 29.9. The Balaban J connectivity index is 1.56. The van der Waals surface area contributed by atoms with E-state index in [2.05, 4.69) is 25.7 Å². The van der Waals surface area contributed by atoms with Crippen LogP contribution in [0.25, 0.3) is 85.3 Å². The van der Waals surface area contributed by atoms with E-state index >= 15 is 26.3 Å². The number of hydrogen-bond acceptors (Lipinski definition) is 2. The van der Waals surface area contributed by atoms with Crippen molar-refractivity contribution in [1.29, 1.82) is 0 Å². The zero-order valence-corrected chi connectivity index (χ0v) is 29.9. The van der Waals surface area contributed by atoms with Crippen LogP contribution < -0.4 is 0 Å². The number of hydrogen-bond donors (Lipinski definition) is 2. The highest BCUT2D eigenvalue weighted by Gasteiger charge is 2.33. The zero-order chi connectivity index (χ0) is 44.2. The van der Waals surface area contributed by atoms with E-state index in [1.807, 2.05) is 0 Å². The second-order valence-electron chi connectivity index (χ2n) is 13.4. The normalized spacial score (nSPS) is 13.0. The highest BCUT2D eigenvalue weighted by molar-refractivity contribution is 6.00. The summed E-state index contributed by atoms with van der Waals surface area (Å²) in [5, 5.41) is 0. The van der Waals surface area contributed by atoms with Gasteiger partial charge in [0.15, 0.2) is 69.8 Å². The second-order valence-corrected chi connectivity index (χ2v) is 13.4. The van der Waals surface area contributed by atoms with Crippen molar-refractivity contribution in [3.05, 3.63) is 164 Å². The highest BCUT2D eigenvalue weighted by atomic mass is 19.2. The van der Waals surface area contributed by atoms with Crippen molar-refractivity contribution in [2.24, 2.45) is 0 Å². The van der Waals surface area contributed by atoms with Crippen LogP contribution in [0.3, 0.4) is 0 Å². The van der Waals surface area contributed by atoms with Crippen molar-refractivity contribution in [1.82, 2.24) is 19.9 Å². The van der Waals surface area contributed by atoms with Gasteiger partial charge in [0.05, 0.1) is 39.5 Å². The number of aromatic nitrogens is 4. The van der Waals surface area contributed by atoms with E-state index in [0.29, 0.717) is 0 Å². The molecule has 3 aromatic heterocycles. The summed E-state index contributed by atoms with van der Waals surface area (Å²) < 4.78 is 226. The Morgan fingerprint density at radius 3 is 0.839 bits per heavy atom. The number of nitrogens with zero attached hydrogens (tertiary/aromatic N) is 2. The molecule has 0 atom stereocenters. The summed E-state index contributed by atoms with van der Waals surface area (Å²) in [6.07, 6.45) is 8.30. The first-order valence-corrected chi connectivity index (χ1v) is 17.4. The Bertz CT molecular complexity index is 3250. The number of benzene rings is 3. The molecule has 2 aliphatic heterocycles. The number of aromatic amines is 2. The molecule has 0 saturated heterocycles. The van der Waals surface area contributed by atoms with Gasteiger partial charge in [-0.1, -0.05) is 6.08 Å². The van der Waals surface area contributed by atoms with Gasteiger partial charge in [-0.2, -0.15) is 0 Å². The van der Waals surface area contributed by atoms with Gasteiger partial charge in [0.25, 0.3) is 0 Å². The van der Waals surface area contributed by atoms with Crippen molar-refractivity contribution >= 4 is 51.9 Å². The minimum atomic E-state index is -2.61.